The molecular formula is C15H16ClFN2O. The number of aromatic nitrogens is 1. The van der Waals surface area contributed by atoms with E-state index in [0.29, 0.717) is 6.42 Å². The summed E-state index contributed by atoms with van der Waals surface area (Å²) in [5.74, 6) is -0.257. The molecule has 106 valence electrons. The highest BCUT2D eigenvalue weighted by Gasteiger charge is 2.16. The van der Waals surface area contributed by atoms with Gasteiger partial charge in [-0.05, 0) is 23.8 Å². The number of nitrogens with one attached hydrogen (secondary N) is 1. The Balaban J connectivity index is 0.00000147. The predicted octanol–water partition coefficient (Wildman–Crippen LogP) is 2.51. The molecule has 0 saturated carbocycles. The molecule has 3 nitrogen and oxygen atoms in total. The van der Waals surface area contributed by atoms with Crippen molar-refractivity contribution < 1.29 is 4.39 Å². The summed E-state index contributed by atoms with van der Waals surface area (Å²) in [6.45, 7) is 0.878. The lowest BCUT2D eigenvalue weighted by Gasteiger charge is -2.10. The fraction of sp³-hybridized carbons (Fsp3) is 0.267. The lowest BCUT2D eigenvalue weighted by atomic mass is 10.1. The van der Waals surface area contributed by atoms with E-state index in [2.05, 4.69) is 5.32 Å². The highest BCUT2D eigenvalue weighted by molar-refractivity contribution is 5.85. The first-order chi connectivity index (χ1) is 9.15. The maximum absolute atomic E-state index is 12.9. The van der Waals surface area contributed by atoms with Crippen molar-refractivity contribution >= 4 is 18.1 Å². The Morgan fingerprint density at radius 1 is 1.30 bits per heavy atom. The molecular weight excluding hydrogens is 279 g/mol. The van der Waals surface area contributed by atoms with Crippen LogP contribution in [0.25, 0.3) is 0 Å². The molecule has 0 spiro atoms. The lowest BCUT2D eigenvalue weighted by molar-refractivity contribution is 0.627. The largest absolute Gasteiger partial charge is 0.383 e. The van der Waals surface area contributed by atoms with Gasteiger partial charge < -0.3 is 9.88 Å². The molecule has 1 aromatic carbocycles. The van der Waals surface area contributed by atoms with Crippen LogP contribution in [0.5, 0.6) is 0 Å². The molecule has 0 radical (unpaired) electrons. The van der Waals surface area contributed by atoms with Gasteiger partial charge in [-0.15, -0.1) is 12.4 Å². The monoisotopic (exact) mass is 294 g/mol. The number of pyridine rings is 1. The first-order valence-electron chi connectivity index (χ1n) is 6.35. The summed E-state index contributed by atoms with van der Waals surface area (Å²) in [7, 11) is 1.81. The molecule has 0 bridgehead atoms. The van der Waals surface area contributed by atoms with Gasteiger partial charge >= 0.3 is 0 Å². The van der Waals surface area contributed by atoms with Crippen molar-refractivity contribution in [2.45, 2.75) is 12.8 Å². The molecule has 20 heavy (non-hydrogen) atoms. The molecule has 2 aromatic rings. The molecule has 1 N–H and O–H groups in total. The van der Waals surface area contributed by atoms with Crippen molar-refractivity contribution in [2.75, 3.05) is 11.9 Å². The molecule has 3 rings (SSSR count). The van der Waals surface area contributed by atoms with E-state index in [9.17, 15) is 9.18 Å². The van der Waals surface area contributed by atoms with Crippen LogP contribution in [-0.2, 0) is 19.9 Å². The fourth-order valence-corrected chi connectivity index (χ4v) is 2.56. The Morgan fingerprint density at radius 2 is 2.00 bits per heavy atom. The van der Waals surface area contributed by atoms with E-state index >= 15 is 0 Å². The maximum atomic E-state index is 12.9. The summed E-state index contributed by atoms with van der Waals surface area (Å²) in [6.07, 6.45) is 1.42. The van der Waals surface area contributed by atoms with Gasteiger partial charge in [-0.25, -0.2) is 4.39 Å². The summed E-state index contributed by atoms with van der Waals surface area (Å²) in [5, 5.41) is 3.28. The quantitative estimate of drug-likeness (QED) is 0.923. The van der Waals surface area contributed by atoms with E-state index in [1.165, 1.54) is 12.1 Å². The van der Waals surface area contributed by atoms with Crippen LogP contribution in [0.1, 0.15) is 16.8 Å². The van der Waals surface area contributed by atoms with Crippen molar-refractivity contribution in [1.82, 2.24) is 4.57 Å². The van der Waals surface area contributed by atoms with Gasteiger partial charge in [-0.1, -0.05) is 12.1 Å². The molecule has 0 atom stereocenters. The Hall–Kier alpha value is -1.81. The predicted molar refractivity (Wildman–Crippen MR) is 80.3 cm³/mol. The molecule has 1 aliphatic rings. The van der Waals surface area contributed by atoms with Crippen molar-refractivity contribution in [1.29, 1.82) is 0 Å². The zero-order valence-corrected chi connectivity index (χ0v) is 12.0. The molecule has 1 aromatic heterocycles. The third kappa shape index (κ3) is 2.56. The number of rotatable bonds is 2. The van der Waals surface area contributed by atoms with Gasteiger partial charge in [-0.3, -0.25) is 4.79 Å². The fourth-order valence-electron chi connectivity index (χ4n) is 2.56. The average molecular weight is 295 g/mol. The van der Waals surface area contributed by atoms with Crippen LogP contribution in [0.15, 0.2) is 35.1 Å². The standard InChI is InChI=1S/C15H15FN2O.ClH/c1-18-14-6-7-17-13(14)9-11(15(18)19)8-10-2-4-12(16)5-3-10;/h2-5,9,17H,6-8H2,1H3;1H. The molecule has 2 heterocycles. The number of fused-ring (bicyclic) bond motifs is 1. The van der Waals surface area contributed by atoms with Crippen LogP contribution in [0.3, 0.4) is 0 Å². The van der Waals surface area contributed by atoms with Crippen LogP contribution < -0.4 is 10.9 Å². The van der Waals surface area contributed by atoms with Gasteiger partial charge in [0, 0.05) is 37.7 Å². The normalized spacial score (nSPS) is 12.5. The Morgan fingerprint density at radius 3 is 2.70 bits per heavy atom. The maximum Gasteiger partial charge on any atom is 0.254 e. The van der Waals surface area contributed by atoms with E-state index in [1.54, 1.807) is 16.7 Å². The van der Waals surface area contributed by atoms with Crippen molar-refractivity contribution in [2.24, 2.45) is 7.05 Å². The summed E-state index contributed by atoms with van der Waals surface area (Å²) < 4.78 is 14.6. The van der Waals surface area contributed by atoms with Crippen LogP contribution in [0.2, 0.25) is 0 Å². The highest BCUT2D eigenvalue weighted by Crippen LogP contribution is 2.21. The van der Waals surface area contributed by atoms with Crippen LogP contribution >= 0.6 is 12.4 Å². The Labute approximate surface area is 122 Å². The second-order valence-corrected chi connectivity index (χ2v) is 4.87. The number of benzene rings is 1. The lowest BCUT2D eigenvalue weighted by Crippen LogP contribution is -2.23. The first kappa shape index (κ1) is 14.6. The molecule has 0 amide bonds. The van der Waals surface area contributed by atoms with Crippen LogP contribution in [0.4, 0.5) is 10.1 Å². The van der Waals surface area contributed by atoms with E-state index in [4.69, 9.17) is 0 Å². The van der Waals surface area contributed by atoms with Gasteiger partial charge in [0.15, 0.2) is 0 Å². The van der Waals surface area contributed by atoms with E-state index in [1.807, 2.05) is 13.1 Å². The summed E-state index contributed by atoms with van der Waals surface area (Å²) in [4.78, 5) is 12.3. The second-order valence-electron chi connectivity index (χ2n) is 4.87. The summed E-state index contributed by atoms with van der Waals surface area (Å²) in [5.41, 5.74) is 3.82. The Bertz CT molecular complexity index is 680. The first-order valence-corrected chi connectivity index (χ1v) is 6.35. The van der Waals surface area contributed by atoms with Crippen LogP contribution in [-0.4, -0.2) is 11.1 Å². The molecule has 5 heteroatoms. The Kier molecular flexibility index (Phi) is 4.14. The van der Waals surface area contributed by atoms with Crippen LogP contribution in [0, 0.1) is 5.82 Å². The minimum absolute atomic E-state index is 0. The molecule has 1 aliphatic heterocycles. The van der Waals surface area contributed by atoms with Gasteiger partial charge in [0.25, 0.3) is 5.56 Å². The zero-order chi connectivity index (χ0) is 13.4. The van der Waals surface area contributed by atoms with Gasteiger partial charge in [0.2, 0.25) is 0 Å². The summed E-state index contributed by atoms with van der Waals surface area (Å²) >= 11 is 0. The van der Waals surface area contributed by atoms with Crippen molar-refractivity contribution in [3.63, 3.8) is 0 Å². The third-order valence-electron chi connectivity index (χ3n) is 3.60. The van der Waals surface area contributed by atoms with Crippen molar-refractivity contribution in [3.8, 4) is 0 Å². The number of hydrogen-bond acceptors (Lipinski definition) is 2. The number of nitrogens with zero attached hydrogens (tertiary/aromatic N) is 1. The van der Waals surface area contributed by atoms with Gasteiger partial charge in [0.05, 0.1) is 5.69 Å². The number of hydrogen-bond donors (Lipinski definition) is 1. The topological polar surface area (TPSA) is 34.0 Å². The summed E-state index contributed by atoms with van der Waals surface area (Å²) in [6, 6.07) is 8.20. The average Bonchev–Trinajstić information content (AvgIpc) is 2.86. The second kappa shape index (κ2) is 5.67. The van der Waals surface area contributed by atoms with Crippen molar-refractivity contribution in [3.05, 3.63) is 63.3 Å². The van der Waals surface area contributed by atoms with Gasteiger partial charge in [0.1, 0.15) is 5.82 Å². The SMILES string of the molecule is Cl.Cn1c2c(cc(Cc3ccc(F)cc3)c1=O)NCC2. The van der Waals surface area contributed by atoms with E-state index < -0.39 is 0 Å². The number of anilines is 1. The van der Waals surface area contributed by atoms with E-state index in [0.717, 1.165) is 35.5 Å². The molecule has 0 aliphatic carbocycles. The van der Waals surface area contributed by atoms with E-state index in [-0.39, 0.29) is 23.8 Å². The highest BCUT2D eigenvalue weighted by atomic mass is 35.5. The zero-order valence-electron chi connectivity index (χ0n) is 11.1. The van der Waals surface area contributed by atoms with Gasteiger partial charge in [-0.2, -0.15) is 0 Å². The molecule has 0 saturated heterocycles. The minimum atomic E-state index is -0.257. The third-order valence-corrected chi connectivity index (χ3v) is 3.60. The number of halogens is 2. The molecule has 0 unspecified atom stereocenters. The smallest absolute Gasteiger partial charge is 0.254 e. The molecule has 0 fully saturated rings. The minimum Gasteiger partial charge on any atom is -0.383 e.